The Kier molecular flexibility index (Phi) is 5.67. The third kappa shape index (κ3) is 4.28. The van der Waals surface area contributed by atoms with Crippen molar-refractivity contribution in [3.8, 4) is 0 Å². The molecule has 9 heteroatoms. The Labute approximate surface area is 157 Å². The maximum absolute atomic E-state index is 12.3. The second-order valence-corrected chi connectivity index (χ2v) is 8.05. The molecule has 0 N–H and O–H groups in total. The predicted octanol–water partition coefficient (Wildman–Crippen LogP) is 4.18. The lowest BCUT2D eigenvalue weighted by Crippen LogP contribution is -2.30. The van der Waals surface area contributed by atoms with Crippen molar-refractivity contribution >= 4 is 40.5 Å². The van der Waals surface area contributed by atoms with Crippen molar-refractivity contribution in [1.29, 1.82) is 0 Å². The smallest absolute Gasteiger partial charge is 0.339 e. The molecule has 1 heterocycles. The van der Waals surface area contributed by atoms with Crippen molar-refractivity contribution in [1.82, 2.24) is 4.98 Å². The number of nitro benzene ring substituents is 1. The van der Waals surface area contributed by atoms with Gasteiger partial charge in [-0.05, 0) is 38.3 Å². The number of carbonyl (C=O) groups is 2. The summed E-state index contributed by atoms with van der Waals surface area (Å²) in [5.74, 6) is -0.805. The molecule has 0 unspecified atom stereocenters. The predicted molar refractivity (Wildman–Crippen MR) is 96.7 cm³/mol. The van der Waals surface area contributed by atoms with Crippen LogP contribution >= 0.6 is 23.1 Å². The lowest BCUT2D eigenvalue weighted by Gasteiger charge is -2.20. The van der Waals surface area contributed by atoms with Gasteiger partial charge in [-0.25, -0.2) is 9.78 Å². The van der Waals surface area contributed by atoms with E-state index in [4.69, 9.17) is 4.74 Å². The van der Waals surface area contributed by atoms with Crippen LogP contribution in [0.3, 0.4) is 0 Å². The zero-order chi connectivity index (χ0) is 18.7. The molecule has 1 aliphatic rings. The fourth-order valence-corrected chi connectivity index (χ4v) is 4.50. The van der Waals surface area contributed by atoms with Crippen LogP contribution in [0.25, 0.3) is 0 Å². The zero-order valence-corrected chi connectivity index (χ0v) is 15.6. The van der Waals surface area contributed by atoms with Crippen LogP contribution in [0.1, 0.15) is 41.7 Å². The number of esters is 1. The van der Waals surface area contributed by atoms with Gasteiger partial charge in [-0.1, -0.05) is 11.8 Å². The van der Waals surface area contributed by atoms with Crippen LogP contribution in [-0.2, 0) is 9.53 Å². The first-order valence-corrected chi connectivity index (χ1v) is 9.76. The molecule has 1 atom stereocenters. The van der Waals surface area contributed by atoms with E-state index in [0.29, 0.717) is 22.1 Å². The summed E-state index contributed by atoms with van der Waals surface area (Å²) < 4.78 is 5.95. The SMILES string of the molecule is Cc1csc(Sc2ccc(C(=O)O[C@@H]3CCCCC3=O)cc2[N+](=O)[O-])n1. The molecule has 7 nitrogen and oxygen atoms in total. The number of benzene rings is 1. The van der Waals surface area contributed by atoms with Gasteiger partial charge in [0, 0.05) is 23.6 Å². The highest BCUT2D eigenvalue weighted by Crippen LogP contribution is 2.37. The summed E-state index contributed by atoms with van der Waals surface area (Å²) in [6.07, 6.45) is 1.79. The highest BCUT2D eigenvalue weighted by atomic mass is 32.2. The molecule has 1 fully saturated rings. The number of aromatic nitrogens is 1. The monoisotopic (exact) mass is 392 g/mol. The van der Waals surface area contributed by atoms with Crippen LogP contribution in [0, 0.1) is 17.0 Å². The van der Waals surface area contributed by atoms with Gasteiger partial charge in [-0.2, -0.15) is 0 Å². The van der Waals surface area contributed by atoms with Gasteiger partial charge in [-0.15, -0.1) is 11.3 Å². The minimum absolute atomic E-state index is 0.0646. The highest BCUT2D eigenvalue weighted by molar-refractivity contribution is 8.01. The Morgan fingerprint density at radius 3 is 2.88 bits per heavy atom. The summed E-state index contributed by atoms with van der Waals surface area (Å²) in [5.41, 5.74) is 0.722. The Bertz CT molecular complexity index is 865. The summed E-state index contributed by atoms with van der Waals surface area (Å²) in [5, 5.41) is 13.3. The van der Waals surface area contributed by atoms with Crippen molar-refractivity contribution in [3.05, 3.63) is 45.0 Å². The Morgan fingerprint density at radius 1 is 1.42 bits per heavy atom. The maximum atomic E-state index is 12.3. The molecule has 136 valence electrons. The van der Waals surface area contributed by atoms with E-state index in [1.165, 1.54) is 41.3 Å². The molecule has 0 saturated heterocycles. The zero-order valence-electron chi connectivity index (χ0n) is 14.0. The van der Waals surface area contributed by atoms with E-state index in [2.05, 4.69) is 4.98 Å². The number of hydrogen-bond acceptors (Lipinski definition) is 8. The van der Waals surface area contributed by atoms with Gasteiger partial charge in [0.15, 0.2) is 16.2 Å². The molecule has 0 spiro atoms. The first kappa shape index (κ1) is 18.5. The van der Waals surface area contributed by atoms with Gasteiger partial charge >= 0.3 is 5.97 Å². The van der Waals surface area contributed by atoms with E-state index in [1.807, 2.05) is 12.3 Å². The molecular formula is C17H16N2O5S2. The molecule has 1 aromatic carbocycles. The molecule has 1 saturated carbocycles. The molecule has 2 aromatic rings. The third-order valence-corrected chi connectivity index (χ3v) is 6.06. The van der Waals surface area contributed by atoms with Crippen LogP contribution in [0.5, 0.6) is 0 Å². The number of nitrogens with zero attached hydrogens (tertiary/aromatic N) is 2. The van der Waals surface area contributed by atoms with Crippen molar-refractivity contribution in [3.63, 3.8) is 0 Å². The van der Waals surface area contributed by atoms with E-state index < -0.39 is 17.0 Å². The molecule has 0 bridgehead atoms. The van der Waals surface area contributed by atoms with Crippen LogP contribution < -0.4 is 0 Å². The van der Waals surface area contributed by atoms with E-state index in [-0.39, 0.29) is 17.0 Å². The average Bonchev–Trinajstić information content (AvgIpc) is 3.02. The third-order valence-electron chi connectivity index (χ3n) is 3.93. The van der Waals surface area contributed by atoms with Gasteiger partial charge in [0.05, 0.1) is 15.4 Å². The maximum Gasteiger partial charge on any atom is 0.339 e. The van der Waals surface area contributed by atoms with Gasteiger partial charge < -0.3 is 4.74 Å². The van der Waals surface area contributed by atoms with Gasteiger partial charge in [0.25, 0.3) is 5.69 Å². The number of ether oxygens (including phenoxy) is 1. The minimum atomic E-state index is -0.748. The molecular weight excluding hydrogens is 376 g/mol. The normalized spacial score (nSPS) is 17.1. The van der Waals surface area contributed by atoms with Crippen LogP contribution in [-0.4, -0.2) is 27.8 Å². The lowest BCUT2D eigenvalue weighted by molar-refractivity contribution is -0.387. The molecule has 26 heavy (non-hydrogen) atoms. The molecule has 1 aliphatic carbocycles. The van der Waals surface area contributed by atoms with Gasteiger partial charge in [-0.3, -0.25) is 14.9 Å². The number of Topliss-reactive ketones (excluding diaryl/α,β-unsaturated/α-hetero) is 1. The number of carbonyl (C=O) groups excluding carboxylic acids is 2. The standard InChI is InChI=1S/C17H16N2O5S2/c1-10-9-25-17(18-10)26-15-7-6-11(8-12(15)19(22)23)16(21)24-14-5-3-2-4-13(14)20/h6-9,14H,2-5H2,1H3/t14-/m1/s1. The molecule has 3 rings (SSSR count). The van der Waals surface area contributed by atoms with Crippen LogP contribution in [0.2, 0.25) is 0 Å². The number of nitro groups is 1. The second-order valence-electron chi connectivity index (χ2n) is 5.90. The Balaban J connectivity index is 1.80. The number of ketones is 1. The molecule has 0 radical (unpaired) electrons. The quantitative estimate of drug-likeness (QED) is 0.427. The van der Waals surface area contributed by atoms with Crippen molar-refractivity contribution < 1.29 is 19.2 Å². The number of hydrogen-bond donors (Lipinski definition) is 0. The first-order chi connectivity index (χ1) is 12.4. The number of thiazole rings is 1. The van der Waals surface area contributed by atoms with Crippen LogP contribution in [0.15, 0.2) is 32.8 Å². The van der Waals surface area contributed by atoms with Gasteiger partial charge in [0.1, 0.15) is 0 Å². The molecule has 0 amide bonds. The molecule has 0 aliphatic heterocycles. The van der Waals surface area contributed by atoms with Crippen molar-refractivity contribution in [2.75, 3.05) is 0 Å². The summed E-state index contributed by atoms with van der Waals surface area (Å²) in [6.45, 7) is 1.85. The van der Waals surface area contributed by atoms with E-state index in [1.54, 1.807) is 0 Å². The fourth-order valence-electron chi connectivity index (χ4n) is 2.62. The summed E-state index contributed by atoms with van der Waals surface area (Å²) in [4.78, 5) is 39.6. The number of rotatable bonds is 5. The van der Waals surface area contributed by atoms with E-state index in [9.17, 15) is 19.7 Å². The summed E-state index contributed by atoms with van der Waals surface area (Å²) >= 11 is 2.58. The van der Waals surface area contributed by atoms with E-state index >= 15 is 0 Å². The minimum Gasteiger partial charge on any atom is -0.451 e. The Hall–Kier alpha value is -2.26. The topological polar surface area (TPSA) is 99.4 Å². The average molecular weight is 392 g/mol. The van der Waals surface area contributed by atoms with Crippen molar-refractivity contribution in [2.24, 2.45) is 0 Å². The fraction of sp³-hybridized carbons (Fsp3) is 0.353. The summed E-state index contributed by atoms with van der Waals surface area (Å²) in [7, 11) is 0. The van der Waals surface area contributed by atoms with Crippen molar-refractivity contribution in [2.45, 2.75) is 47.9 Å². The van der Waals surface area contributed by atoms with E-state index in [0.717, 1.165) is 18.5 Å². The molecule has 1 aromatic heterocycles. The summed E-state index contributed by atoms with van der Waals surface area (Å²) in [6, 6.07) is 4.18. The first-order valence-electron chi connectivity index (χ1n) is 8.06. The lowest BCUT2D eigenvalue weighted by atomic mass is 9.96. The largest absolute Gasteiger partial charge is 0.451 e. The number of aryl methyl sites for hydroxylation is 1. The van der Waals surface area contributed by atoms with Crippen LogP contribution in [0.4, 0.5) is 5.69 Å². The second kappa shape index (κ2) is 7.96. The van der Waals surface area contributed by atoms with Gasteiger partial charge in [0.2, 0.25) is 0 Å². The highest BCUT2D eigenvalue weighted by Gasteiger charge is 2.27. The Morgan fingerprint density at radius 2 is 2.23 bits per heavy atom.